The first kappa shape index (κ1) is 8.99. The van der Waals surface area contributed by atoms with E-state index in [0.717, 1.165) is 4.88 Å². The molecule has 1 aromatic heterocycles. The summed E-state index contributed by atoms with van der Waals surface area (Å²) in [7, 11) is 1.36. The number of nitrogens with zero attached hydrogens (tertiary/aromatic N) is 1. The Morgan fingerprint density at radius 1 is 1.83 bits per heavy atom. The lowest BCUT2D eigenvalue weighted by Crippen LogP contribution is -2.09. The van der Waals surface area contributed by atoms with Gasteiger partial charge >= 0.3 is 5.97 Å². The molecule has 0 radical (unpaired) electrons. The molecule has 0 saturated carbocycles. The molecule has 0 aliphatic rings. The number of nitrogens with two attached hydrogens (primary N) is 1. The van der Waals surface area contributed by atoms with E-state index >= 15 is 0 Å². The first-order chi connectivity index (χ1) is 5.65. The number of carbonyl (C=O) groups excluding carboxylic acids is 1. The van der Waals surface area contributed by atoms with Crippen LogP contribution in [0.2, 0.25) is 0 Å². The van der Waals surface area contributed by atoms with E-state index in [1.165, 1.54) is 18.4 Å². The molecule has 5 heteroatoms. The Labute approximate surface area is 74.4 Å². The summed E-state index contributed by atoms with van der Waals surface area (Å²) < 4.78 is 4.57. The summed E-state index contributed by atoms with van der Waals surface area (Å²) >= 11 is 1.31. The van der Waals surface area contributed by atoms with Crippen molar-refractivity contribution in [3.05, 3.63) is 11.1 Å². The van der Waals surface area contributed by atoms with E-state index in [-0.39, 0.29) is 11.9 Å². The van der Waals surface area contributed by atoms with Crippen LogP contribution in [-0.2, 0) is 9.53 Å². The number of anilines is 1. The highest BCUT2D eigenvalue weighted by molar-refractivity contribution is 7.15. The summed E-state index contributed by atoms with van der Waals surface area (Å²) in [5.41, 5.74) is 5.41. The largest absolute Gasteiger partial charge is 0.469 e. The highest BCUT2D eigenvalue weighted by Gasteiger charge is 2.17. The monoisotopic (exact) mass is 186 g/mol. The van der Waals surface area contributed by atoms with Crippen molar-refractivity contribution in [3.8, 4) is 0 Å². The average molecular weight is 186 g/mol. The standard InChI is InChI=1S/C7H10N2O2S/c1-4(6(10)11-2)5-3-9-7(8)12-5/h3-4H,1-2H3,(H2,8,9). The van der Waals surface area contributed by atoms with Gasteiger partial charge < -0.3 is 10.5 Å². The van der Waals surface area contributed by atoms with Gasteiger partial charge in [-0.1, -0.05) is 0 Å². The SMILES string of the molecule is COC(=O)C(C)c1cnc(N)s1. The molecule has 2 N–H and O–H groups in total. The number of hydrogen-bond acceptors (Lipinski definition) is 5. The lowest BCUT2D eigenvalue weighted by molar-refractivity contribution is -0.141. The summed E-state index contributed by atoms with van der Waals surface area (Å²) in [4.78, 5) is 15.7. The van der Waals surface area contributed by atoms with Crippen molar-refractivity contribution >= 4 is 22.4 Å². The molecule has 1 heterocycles. The van der Waals surface area contributed by atoms with E-state index in [1.54, 1.807) is 13.1 Å². The molecule has 4 nitrogen and oxygen atoms in total. The van der Waals surface area contributed by atoms with Crippen LogP contribution in [0.4, 0.5) is 5.13 Å². The molecule has 1 rings (SSSR count). The Balaban J connectivity index is 2.77. The van der Waals surface area contributed by atoms with Crippen molar-refractivity contribution < 1.29 is 9.53 Å². The molecule has 12 heavy (non-hydrogen) atoms. The molecule has 0 saturated heterocycles. The van der Waals surface area contributed by atoms with E-state index in [0.29, 0.717) is 5.13 Å². The maximum atomic E-state index is 11.0. The van der Waals surface area contributed by atoms with E-state index in [4.69, 9.17) is 5.73 Å². The van der Waals surface area contributed by atoms with Gasteiger partial charge in [-0.3, -0.25) is 4.79 Å². The summed E-state index contributed by atoms with van der Waals surface area (Å²) in [5.74, 6) is -0.538. The Morgan fingerprint density at radius 3 is 2.92 bits per heavy atom. The van der Waals surface area contributed by atoms with Gasteiger partial charge in [0.1, 0.15) is 0 Å². The smallest absolute Gasteiger partial charge is 0.313 e. The molecule has 1 unspecified atom stereocenters. The summed E-state index contributed by atoms with van der Waals surface area (Å²) in [6.07, 6.45) is 1.60. The first-order valence-corrected chi connectivity index (χ1v) is 4.26. The van der Waals surface area contributed by atoms with Gasteiger partial charge in [0.05, 0.1) is 13.0 Å². The second-order valence-corrected chi connectivity index (χ2v) is 3.44. The molecular weight excluding hydrogens is 176 g/mol. The first-order valence-electron chi connectivity index (χ1n) is 3.44. The lowest BCUT2D eigenvalue weighted by atomic mass is 10.1. The van der Waals surface area contributed by atoms with Crippen LogP contribution in [0.15, 0.2) is 6.20 Å². The number of ether oxygens (including phenoxy) is 1. The molecule has 0 fully saturated rings. The molecule has 0 spiro atoms. The quantitative estimate of drug-likeness (QED) is 0.700. The van der Waals surface area contributed by atoms with Crippen molar-refractivity contribution in [2.45, 2.75) is 12.8 Å². The van der Waals surface area contributed by atoms with Crippen LogP contribution in [0.1, 0.15) is 17.7 Å². The third kappa shape index (κ3) is 1.73. The van der Waals surface area contributed by atoms with Crippen LogP contribution in [0.25, 0.3) is 0 Å². The van der Waals surface area contributed by atoms with Crippen LogP contribution >= 0.6 is 11.3 Å². The third-order valence-corrected chi connectivity index (χ3v) is 2.53. The van der Waals surface area contributed by atoms with Gasteiger partial charge in [0.15, 0.2) is 5.13 Å². The second-order valence-electron chi connectivity index (χ2n) is 2.35. The Bertz CT molecular complexity index is 285. The highest BCUT2D eigenvalue weighted by atomic mass is 32.1. The summed E-state index contributed by atoms with van der Waals surface area (Å²) in [6, 6.07) is 0. The normalized spacial score (nSPS) is 12.5. The number of hydrogen-bond donors (Lipinski definition) is 1. The molecule has 0 aliphatic heterocycles. The van der Waals surface area contributed by atoms with Crippen molar-refractivity contribution in [1.82, 2.24) is 4.98 Å². The van der Waals surface area contributed by atoms with Crippen LogP contribution in [0.3, 0.4) is 0 Å². The third-order valence-electron chi connectivity index (χ3n) is 1.52. The van der Waals surface area contributed by atoms with Gasteiger partial charge in [0, 0.05) is 11.1 Å². The van der Waals surface area contributed by atoms with Gasteiger partial charge in [0.25, 0.3) is 0 Å². The maximum absolute atomic E-state index is 11.0. The number of aromatic nitrogens is 1. The van der Waals surface area contributed by atoms with Crippen LogP contribution in [0.5, 0.6) is 0 Å². The maximum Gasteiger partial charge on any atom is 0.313 e. The van der Waals surface area contributed by atoms with Crippen molar-refractivity contribution in [2.24, 2.45) is 0 Å². The molecule has 66 valence electrons. The van der Waals surface area contributed by atoms with E-state index in [1.807, 2.05) is 0 Å². The number of nitrogen functional groups attached to an aromatic ring is 1. The van der Waals surface area contributed by atoms with Gasteiger partial charge in [-0.05, 0) is 6.92 Å². The zero-order chi connectivity index (χ0) is 9.14. The number of rotatable bonds is 2. The van der Waals surface area contributed by atoms with Crippen molar-refractivity contribution in [1.29, 1.82) is 0 Å². The molecule has 0 amide bonds. The lowest BCUT2D eigenvalue weighted by Gasteiger charge is -2.04. The predicted octanol–water partition coefficient (Wildman–Crippen LogP) is 1.00. The Kier molecular flexibility index (Phi) is 2.65. The molecular formula is C7H10N2O2S. The molecule has 0 aliphatic carbocycles. The minimum Gasteiger partial charge on any atom is -0.469 e. The highest BCUT2D eigenvalue weighted by Crippen LogP contribution is 2.24. The zero-order valence-electron chi connectivity index (χ0n) is 6.90. The van der Waals surface area contributed by atoms with Crippen LogP contribution in [0, 0.1) is 0 Å². The molecule has 0 bridgehead atoms. The fraction of sp³-hybridized carbons (Fsp3) is 0.429. The minimum atomic E-state index is -0.273. The Morgan fingerprint density at radius 2 is 2.50 bits per heavy atom. The zero-order valence-corrected chi connectivity index (χ0v) is 7.72. The van der Waals surface area contributed by atoms with Crippen molar-refractivity contribution in [3.63, 3.8) is 0 Å². The minimum absolute atomic E-state index is 0.265. The number of thiazole rings is 1. The summed E-state index contributed by atoms with van der Waals surface area (Å²) in [5, 5.41) is 0.473. The second kappa shape index (κ2) is 3.53. The average Bonchev–Trinajstić information content (AvgIpc) is 2.49. The van der Waals surface area contributed by atoms with Gasteiger partial charge in [-0.2, -0.15) is 0 Å². The topological polar surface area (TPSA) is 65.2 Å². The Hall–Kier alpha value is -1.10. The predicted molar refractivity (Wildman–Crippen MR) is 47.0 cm³/mol. The fourth-order valence-corrected chi connectivity index (χ4v) is 1.52. The molecule has 1 atom stereocenters. The van der Waals surface area contributed by atoms with Crippen LogP contribution < -0.4 is 5.73 Å². The summed E-state index contributed by atoms with van der Waals surface area (Å²) in [6.45, 7) is 1.76. The van der Waals surface area contributed by atoms with E-state index < -0.39 is 0 Å². The molecule has 1 aromatic rings. The number of esters is 1. The van der Waals surface area contributed by atoms with Crippen molar-refractivity contribution in [2.75, 3.05) is 12.8 Å². The van der Waals surface area contributed by atoms with Gasteiger partial charge in [-0.25, -0.2) is 4.98 Å². The number of carbonyl (C=O) groups is 1. The van der Waals surface area contributed by atoms with Gasteiger partial charge in [-0.15, -0.1) is 11.3 Å². The molecule has 0 aromatic carbocycles. The number of methoxy groups -OCH3 is 1. The van der Waals surface area contributed by atoms with E-state index in [2.05, 4.69) is 9.72 Å². The van der Waals surface area contributed by atoms with Crippen LogP contribution in [-0.4, -0.2) is 18.1 Å². The fourth-order valence-electron chi connectivity index (χ4n) is 0.794. The van der Waals surface area contributed by atoms with E-state index in [9.17, 15) is 4.79 Å². The van der Waals surface area contributed by atoms with Gasteiger partial charge in [0.2, 0.25) is 0 Å².